The molecule has 0 aliphatic heterocycles. The summed E-state index contributed by atoms with van der Waals surface area (Å²) >= 11 is 0. The highest BCUT2D eigenvalue weighted by Gasteiger charge is 2.31. The van der Waals surface area contributed by atoms with Gasteiger partial charge in [0.05, 0.1) is 17.2 Å². The first-order chi connectivity index (χ1) is 11.9. The molecule has 3 atom stereocenters. The van der Waals surface area contributed by atoms with E-state index in [-0.39, 0.29) is 0 Å². The molecule has 0 fully saturated rings. The van der Waals surface area contributed by atoms with Crippen molar-refractivity contribution in [2.45, 2.75) is 53.5 Å². The van der Waals surface area contributed by atoms with Crippen LogP contribution in [0.25, 0.3) is 11.0 Å². The number of rotatable bonds is 6. The first-order valence-electron chi connectivity index (χ1n) is 9.64. The van der Waals surface area contributed by atoms with E-state index in [1.54, 1.807) is 6.20 Å². The molecule has 0 spiro atoms. The van der Waals surface area contributed by atoms with Crippen LogP contribution in [0.4, 0.5) is 0 Å². The monoisotopic (exact) mass is 340 g/mol. The lowest BCUT2D eigenvalue weighted by Gasteiger charge is -2.37. The minimum atomic E-state index is 0.545. The van der Waals surface area contributed by atoms with E-state index in [0.717, 1.165) is 35.7 Å². The topological polar surface area (TPSA) is 53.6 Å². The maximum atomic E-state index is 4.75. The fourth-order valence-electron chi connectivity index (χ4n) is 4.12. The summed E-state index contributed by atoms with van der Waals surface area (Å²) < 4.78 is 0. The molecule has 4 heteroatoms. The summed E-state index contributed by atoms with van der Waals surface area (Å²) in [6, 6.07) is 2.52. The van der Waals surface area contributed by atoms with Gasteiger partial charge in [-0.15, -0.1) is 0 Å². The van der Waals surface area contributed by atoms with E-state index in [1.807, 2.05) is 12.3 Å². The first kappa shape index (κ1) is 18.1. The third kappa shape index (κ3) is 4.30. The average molecular weight is 341 g/mol. The molecule has 0 aromatic carbocycles. The molecule has 2 heterocycles. The molecule has 0 radical (unpaired) electrons. The standard InChI is InChI=1S/C21H32N4/c1-13(2)18-9-16(15(5)8-17(18)11-23-14(3)4)10-21-24-19-6-7-22-12-20(19)25-21/h6-8,12-14,16-18,23H,9-11H2,1-5H3,(H,24,25). The molecular weight excluding hydrogens is 308 g/mol. The number of allylic oxidation sites excluding steroid dienone is 1. The van der Waals surface area contributed by atoms with Crippen LogP contribution in [0, 0.1) is 23.7 Å². The molecule has 0 saturated carbocycles. The molecule has 136 valence electrons. The Morgan fingerprint density at radius 1 is 1.28 bits per heavy atom. The maximum Gasteiger partial charge on any atom is 0.107 e. The summed E-state index contributed by atoms with van der Waals surface area (Å²) in [5.74, 6) is 3.73. The lowest BCUT2D eigenvalue weighted by Crippen LogP contribution is -2.37. The van der Waals surface area contributed by atoms with Crippen LogP contribution in [0.2, 0.25) is 0 Å². The van der Waals surface area contributed by atoms with Gasteiger partial charge in [-0.2, -0.15) is 0 Å². The summed E-state index contributed by atoms with van der Waals surface area (Å²) in [7, 11) is 0. The number of hydrogen-bond acceptors (Lipinski definition) is 3. The Labute approximate surface area is 151 Å². The van der Waals surface area contributed by atoms with Crippen LogP contribution in [0.1, 0.15) is 46.9 Å². The average Bonchev–Trinajstić information content (AvgIpc) is 2.96. The number of nitrogens with zero attached hydrogens (tertiary/aromatic N) is 2. The van der Waals surface area contributed by atoms with E-state index in [9.17, 15) is 0 Å². The van der Waals surface area contributed by atoms with Gasteiger partial charge in [0.25, 0.3) is 0 Å². The van der Waals surface area contributed by atoms with Gasteiger partial charge < -0.3 is 10.3 Å². The van der Waals surface area contributed by atoms with Crippen LogP contribution in [0.5, 0.6) is 0 Å². The Kier molecular flexibility index (Phi) is 5.57. The predicted octanol–water partition coefficient (Wildman–Crippen LogP) is 4.35. The van der Waals surface area contributed by atoms with Crippen LogP contribution in [-0.4, -0.2) is 27.5 Å². The number of nitrogens with one attached hydrogen (secondary N) is 2. The van der Waals surface area contributed by atoms with Gasteiger partial charge in [0.1, 0.15) is 5.82 Å². The van der Waals surface area contributed by atoms with Crippen LogP contribution in [0.15, 0.2) is 30.1 Å². The Morgan fingerprint density at radius 3 is 2.76 bits per heavy atom. The molecule has 3 rings (SSSR count). The smallest absolute Gasteiger partial charge is 0.107 e. The van der Waals surface area contributed by atoms with E-state index in [4.69, 9.17) is 4.98 Å². The summed E-state index contributed by atoms with van der Waals surface area (Å²) in [5.41, 5.74) is 3.57. The number of fused-ring (bicyclic) bond motifs is 1. The molecule has 0 amide bonds. The summed E-state index contributed by atoms with van der Waals surface area (Å²) in [6.07, 6.45) is 8.43. The molecule has 2 aromatic heterocycles. The molecular formula is C21H32N4. The van der Waals surface area contributed by atoms with Crippen LogP contribution >= 0.6 is 0 Å². The van der Waals surface area contributed by atoms with Crippen molar-refractivity contribution in [2.75, 3.05) is 6.54 Å². The zero-order chi connectivity index (χ0) is 18.0. The number of pyridine rings is 1. The second-order valence-corrected chi connectivity index (χ2v) is 8.26. The molecule has 0 bridgehead atoms. The van der Waals surface area contributed by atoms with Crippen molar-refractivity contribution < 1.29 is 0 Å². The quantitative estimate of drug-likeness (QED) is 0.769. The minimum absolute atomic E-state index is 0.545. The molecule has 4 nitrogen and oxygen atoms in total. The first-order valence-corrected chi connectivity index (χ1v) is 9.64. The lowest BCUT2D eigenvalue weighted by atomic mass is 9.69. The van der Waals surface area contributed by atoms with Crippen molar-refractivity contribution in [1.29, 1.82) is 0 Å². The Bertz CT molecular complexity index is 695. The summed E-state index contributed by atoms with van der Waals surface area (Å²) in [6.45, 7) is 12.6. The van der Waals surface area contributed by atoms with Crippen LogP contribution in [-0.2, 0) is 6.42 Å². The minimum Gasteiger partial charge on any atom is -0.341 e. The number of H-pyrrole nitrogens is 1. The third-order valence-electron chi connectivity index (χ3n) is 5.62. The molecule has 2 N–H and O–H groups in total. The number of hydrogen-bond donors (Lipinski definition) is 2. The van der Waals surface area contributed by atoms with Gasteiger partial charge in [-0.1, -0.05) is 39.3 Å². The SMILES string of the molecule is CC1=CC(CNC(C)C)C(C(C)C)CC1Cc1nc2ccncc2[nH]1. The third-order valence-corrected chi connectivity index (χ3v) is 5.62. The van der Waals surface area contributed by atoms with Gasteiger partial charge in [0, 0.05) is 25.2 Å². The van der Waals surface area contributed by atoms with Gasteiger partial charge in [-0.25, -0.2) is 4.98 Å². The van der Waals surface area contributed by atoms with E-state index in [0.29, 0.717) is 23.8 Å². The van der Waals surface area contributed by atoms with E-state index in [2.05, 4.69) is 56.0 Å². The highest BCUT2D eigenvalue weighted by atomic mass is 14.9. The molecule has 25 heavy (non-hydrogen) atoms. The highest BCUT2D eigenvalue weighted by molar-refractivity contribution is 5.73. The Hall–Kier alpha value is -1.68. The molecule has 0 saturated heterocycles. The van der Waals surface area contributed by atoms with Crippen molar-refractivity contribution in [3.8, 4) is 0 Å². The molecule has 1 aliphatic carbocycles. The fourth-order valence-corrected chi connectivity index (χ4v) is 4.12. The fraction of sp³-hybridized carbons (Fsp3) is 0.619. The van der Waals surface area contributed by atoms with E-state index < -0.39 is 0 Å². The van der Waals surface area contributed by atoms with Gasteiger partial charge in [0.15, 0.2) is 0 Å². The molecule has 2 aromatic rings. The van der Waals surface area contributed by atoms with Crippen molar-refractivity contribution in [2.24, 2.45) is 23.7 Å². The Morgan fingerprint density at radius 2 is 2.08 bits per heavy atom. The summed E-state index contributed by atoms with van der Waals surface area (Å²) in [5, 5.41) is 3.63. The van der Waals surface area contributed by atoms with Crippen molar-refractivity contribution in [3.05, 3.63) is 35.9 Å². The zero-order valence-electron chi connectivity index (χ0n) is 16.2. The van der Waals surface area contributed by atoms with Gasteiger partial charge in [-0.3, -0.25) is 4.98 Å². The number of imidazole rings is 1. The van der Waals surface area contributed by atoms with Crippen molar-refractivity contribution >= 4 is 11.0 Å². The normalized spacial score (nSPS) is 24.3. The van der Waals surface area contributed by atoms with Crippen LogP contribution < -0.4 is 5.32 Å². The molecule has 3 unspecified atom stereocenters. The number of aromatic amines is 1. The van der Waals surface area contributed by atoms with E-state index in [1.165, 1.54) is 12.0 Å². The maximum absolute atomic E-state index is 4.75. The number of aromatic nitrogens is 3. The highest BCUT2D eigenvalue weighted by Crippen LogP contribution is 2.38. The second-order valence-electron chi connectivity index (χ2n) is 8.26. The molecule has 1 aliphatic rings. The zero-order valence-corrected chi connectivity index (χ0v) is 16.2. The largest absolute Gasteiger partial charge is 0.341 e. The predicted molar refractivity (Wildman–Crippen MR) is 104 cm³/mol. The van der Waals surface area contributed by atoms with Crippen LogP contribution in [0.3, 0.4) is 0 Å². The van der Waals surface area contributed by atoms with E-state index >= 15 is 0 Å². The van der Waals surface area contributed by atoms with Crippen molar-refractivity contribution in [3.63, 3.8) is 0 Å². The summed E-state index contributed by atoms with van der Waals surface area (Å²) in [4.78, 5) is 12.4. The van der Waals surface area contributed by atoms with Gasteiger partial charge >= 0.3 is 0 Å². The lowest BCUT2D eigenvalue weighted by molar-refractivity contribution is 0.219. The van der Waals surface area contributed by atoms with Gasteiger partial charge in [0.2, 0.25) is 0 Å². The van der Waals surface area contributed by atoms with Crippen molar-refractivity contribution in [1.82, 2.24) is 20.3 Å². The second kappa shape index (κ2) is 7.69. The van der Waals surface area contributed by atoms with Gasteiger partial charge in [-0.05, 0) is 43.1 Å². The Balaban J connectivity index is 1.76.